The number of hydrogen-bond donors (Lipinski definition) is 2. The lowest BCUT2D eigenvalue weighted by molar-refractivity contribution is 0.147. The zero-order valence-electron chi connectivity index (χ0n) is 12.2. The van der Waals surface area contributed by atoms with Gasteiger partial charge in [-0.25, -0.2) is 9.78 Å². The van der Waals surface area contributed by atoms with Gasteiger partial charge in [0.05, 0.1) is 11.2 Å². The highest BCUT2D eigenvalue weighted by Gasteiger charge is 2.07. The van der Waals surface area contributed by atoms with E-state index < -0.39 is 5.76 Å². The molecule has 7 heteroatoms. The number of thiazole rings is 1. The molecule has 0 aliphatic rings. The first-order chi connectivity index (χ1) is 10.8. The second-order valence-electron chi connectivity index (χ2n) is 4.74. The zero-order valence-corrected chi connectivity index (χ0v) is 13.0. The predicted molar refractivity (Wildman–Crippen MR) is 87.5 cm³/mol. The highest BCUT2D eigenvalue weighted by molar-refractivity contribution is 7.14. The Morgan fingerprint density at radius 2 is 2.36 bits per heavy atom. The quantitative estimate of drug-likeness (QED) is 0.654. The minimum absolute atomic E-state index is 0.443. The minimum Gasteiger partial charge on any atom is -0.408 e. The monoisotopic (exact) mass is 319 g/mol. The maximum atomic E-state index is 11.2. The van der Waals surface area contributed by atoms with E-state index in [1.807, 2.05) is 30.5 Å². The number of anilines is 1. The van der Waals surface area contributed by atoms with Crippen molar-refractivity contribution in [3.8, 4) is 11.3 Å². The van der Waals surface area contributed by atoms with Crippen molar-refractivity contribution in [1.29, 1.82) is 0 Å². The number of fused-ring (bicyclic) bond motifs is 1. The van der Waals surface area contributed by atoms with Crippen LogP contribution in [0.3, 0.4) is 0 Å². The normalized spacial score (nSPS) is 11.1. The van der Waals surface area contributed by atoms with Crippen molar-refractivity contribution < 1.29 is 9.15 Å². The lowest BCUT2D eigenvalue weighted by Gasteiger charge is -2.02. The Labute approximate surface area is 131 Å². The van der Waals surface area contributed by atoms with Gasteiger partial charge in [0.25, 0.3) is 0 Å². The predicted octanol–water partition coefficient (Wildman–Crippen LogP) is 3.08. The maximum absolute atomic E-state index is 11.2. The summed E-state index contributed by atoms with van der Waals surface area (Å²) in [5, 5.41) is 6.14. The summed E-state index contributed by atoms with van der Waals surface area (Å²) in [6.07, 6.45) is 0.948. The van der Waals surface area contributed by atoms with E-state index in [0.29, 0.717) is 11.1 Å². The summed E-state index contributed by atoms with van der Waals surface area (Å²) in [7, 11) is 0. The Kier molecular flexibility index (Phi) is 4.55. The molecule has 2 N–H and O–H groups in total. The van der Waals surface area contributed by atoms with E-state index in [-0.39, 0.29) is 0 Å². The first kappa shape index (κ1) is 14.8. The van der Waals surface area contributed by atoms with Crippen LogP contribution in [-0.2, 0) is 4.74 Å². The third kappa shape index (κ3) is 3.37. The van der Waals surface area contributed by atoms with Crippen LogP contribution in [0.4, 0.5) is 5.13 Å². The molecule has 3 aromatic rings. The Hall–Kier alpha value is -2.12. The molecule has 0 radical (unpaired) electrons. The molecule has 2 heterocycles. The molecule has 0 atom stereocenters. The largest absolute Gasteiger partial charge is 0.417 e. The average molecular weight is 319 g/mol. The number of ether oxygens (including phenoxy) is 1. The Morgan fingerprint density at radius 3 is 3.23 bits per heavy atom. The molecule has 1 aromatic carbocycles. The second-order valence-corrected chi connectivity index (χ2v) is 5.60. The zero-order chi connectivity index (χ0) is 15.4. The van der Waals surface area contributed by atoms with E-state index in [2.05, 4.69) is 15.3 Å². The molecule has 0 fully saturated rings. The van der Waals surface area contributed by atoms with Crippen molar-refractivity contribution in [3.63, 3.8) is 0 Å². The van der Waals surface area contributed by atoms with Crippen molar-refractivity contribution in [1.82, 2.24) is 9.97 Å². The van der Waals surface area contributed by atoms with Crippen LogP contribution in [0.1, 0.15) is 13.3 Å². The van der Waals surface area contributed by atoms with Crippen molar-refractivity contribution in [3.05, 3.63) is 34.1 Å². The highest BCUT2D eigenvalue weighted by atomic mass is 32.1. The lowest BCUT2D eigenvalue weighted by Crippen LogP contribution is -2.05. The molecule has 0 unspecified atom stereocenters. The fourth-order valence-electron chi connectivity index (χ4n) is 2.11. The number of nitrogens with zero attached hydrogens (tertiary/aromatic N) is 1. The van der Waals surface area contributed by atoms with Gasteiger partial charge in [-0.2, -0.15) is 0 Å². The molecule has 0 saturated carbocycles. The van der Waals surface area contributed by atoms with Crippen LogP contribution in [0.15, 0.2) is 32.8 Å². The van der Waals surface area contributed by atoms with Crippen LogP contribution < -0.4 is 11.1 Å². The van der Waals surface area contributed by atoms with Crippen LogP contribution >= 0.6 is 11.3 Å². The van der Waals surface area contributed by atoms with E-state index in [4.69, 9.17) is 9.15 Å². The molecule has 22 heavy (non-hydrogen) atoms. The van der Waals surface area contributed by atoms with Gasteiger partial charge in [-0.05, 0) is 25.5 Å². The Morgan fingerprint density at radius 1 is 1.45 bits per heavy atom. The maximum Gasteiger partial charge on any atom is 0.417 e. The summed E-state index contributed by atoms with van der Waals surface area (Å²) in [6.45, 7) is 4.33. The van der Waals surface area contributed by atoms with E-state index in [9.17, 15) is 4.79 Å². The van der Waals surface area contributed by atoms with Gasteiger partial charge in [-0.1, -0.05) is 6.07 Å². The van der Waals surface area contributed by atoms with Crippen LogP contribution in [0, 0.1) is 0 Å². The number of nitrogens with one attached hydrogen (secondary N) is 2. The molecule has 0 saturated heterocycles. The van der Waals surface area contributed by atoms with E-state index in [1.54, 1.807) is 11.3 Å². The van der Waals surface area contributed by atoms with Crippen LogP contribution in [0.2, 0.25) is 0 Å². The smallest absolute Gasteiger partial charge is 0.408 e. The molecule has 0 amide bonds. The van der Waals surface area contributed by atoms with Gasteiger partial charge < -0.3 is 14.5 Å². The third-order valence-electron chi connectivity index (χ3n) is 3.17. The van der Waals surface area contributed by atoms with Gasteiger partial charge in [0.2, 0.25) is 0 Å². The van der Waals surface area contributed by atoms with Crippen molar-refractivity contribution >= 4 is 27.6 Å². The molecule has 0 bridgehead atoms. The summed E-state index contributed by atoms with van der Waals surface area (Å²) >= 11 is 1.56. The summed E-state index contributed by atoms with van der Waals surface area (Å²) < 4.78 is 10.4. The molecule has 116 valence electrons. The van der Waals surface area contributed by atoms with Crippen LogP contribution in [0.5, 0.6) is 0 Å². The second kappa shape index (κ2) is 6.76. The molecular weight excluding hydrogens is 302 g/mol. The molecule has 0 spiro atoms. The fourth-order valence-corrected chi connectivity index (χ4v) is 2.85. The first-order valence-corrected chi connectivity index (χ1v) is 8.04. The van der Waals surface area contributed by atoms with Crippen LogP contribution in [-0.4, -0.2) is 29.7 Å². The number of rotatable bonds is 7. The minimum atomic E-state index is -0.443. The standard InChI is InChI=1S/C15H17N3O3S/c1-2-20-7-3-6-16-14-17-12(9-22-14)10-4-5-11-13(8-10)21-15(19)18-11/h4-5,8-9H,2-3,6-7H2,1H3,(H,16,17)(H,18,19). The Balaban J connectivity index is 1.67. The topological polar surface area (TPSA) is 80.1 Å². The first-order valence-electron chi connectivity index (χ1n) is 7.16. The van der Waals surface area contributed by atoms with Crippen molar-refractivity contribution in [2.45, 2.75) is 13.3 Å². The number of H-pyrrole nitrogens is 1. The molecule has 6 nitrogen and oxygen atoms in total. The third-order valence-corrected chi connectivity index (χ3v) is 3.97. The fraction of sp³-hybridized carbons (Fsp3) is 0.333. The van der Waals surface area contributed by atoms with Crippen molar-refractivity contribution in [2.24, 2.45) is 0 Å². The molecule has 0 aliphatic heterocycles. The van der Waals surface area contributed by atoms with Crippen LogP contribution in [0.25, 0.3) is 22.4 Å². The molecule has 3 rings (SSSR count). The summed E-state index contributed by atoms with van der Waals surface area (Å²) in [6, 6.07) is 5.56. The number of oxazole rings is 1. The summed E-state index contributed by atoms with van der Waals surface area (Å²) in [5.41, 5.74) is 3.02. The number of aromatic nitrogens is 2. The molecule has 2 aromatic heterocycles. The van der Waals surface area contributed by atoms with Crippen molar-refractivity contribution in [2.75, 3.05) is 25.1 Å². The average Bonchev–Trinajstić information content (AvgIpc) is 3.11. The summed E-state index contributed by atoms with van der Waals surface area (Å²) in [4.78, 5) is 18.3. The molecular formula is C15H17N3O3S. The van der Waals surface area contributed by atoms with E-state index >= 15 is 0 Å². The van der Waals surface area contributed by atoms with Gasteiger partial charge in [-0.3, -0.25) is 4.98 Å². The highest BCUT2D eigenvalue weighted by Crippen LogP contribution is 2.26. The van der Waals surface area contributed by atoms with Gasteiger partial charge in [0.15, 0.2) is 10.7 Å². The number of benzene rings is 1. The summed E-state index contributed by atoms with van der Waals surface area (Å²) in [5.74, 6) is -0.443. The van der Waals surface area contributed by atoms with Gasteiger partial charge in [0.1, 0.15) is 0 Å². The van der Waals surface area contributed by atoms with E-state index in [1.165, 1.54) is 0 Å². The number of aromatic amines is 1. The number of hydrogen-bond acceptors (Lipinski definition) is 6. The van der Waals surface area contributed by atoms with Gasteiger partial charge in [-0.15, -0.1) is 11.3 Å². The Bertz CT molecular complexity index is 806. The van der Waals surface area contributed by atoms with Gasteiger partial charge >= 0.3 is 5.76 Å². The lowest BCUT2D eigenvalue weighted by atomic mass is 10.1. The van der Waals surface area contributed by atoms with E-state index in [0.717, 1.165) is 42.6 Å². The van der Waals surface area contributed by atoms with Gasteiger partial charge in [0, 0.05) is 30.7 Å². The molecule has 0 aliphatic carbocycles. The SMILES string of the molecule is CCOCCCNc1nc(-c2ccc3[nH]c(=O)oc3c2)cs1.